The van der Waals surface area contributed by atoms with Gasteiger partial charge in [-0.25, -0.2) is 9.37 Å². The van der Waals surface area contributed by atoms with Gasteiger partial charge in [-0.15, -0.1) is 0 Å². The summed E-state index contributed by atoms with van der Waals surface area (Å²) >= 11 is 0. The number of aliphatic carboxylic acids is 1. The minimum Gasteiger partial charge on any atom is -0.550 e. The van der Waals surface area contributed by atoms with E-state index in [-0.39, 0.29) is 54.2 Å². The van der Waals surface area contributed by atoms with Gasteiger partial charge in [0.05, 0.1) is 12.6 Å². The van der Waals surface area contributed by atoms with Gasteiger partial charge in [0.25, 0.3) is 0 Å². The number of nitrogens with one attached hydrogen (secondary N) is 3. The molecular formula is C27H28FN4NaO4. The van der Waals surface area contributed by atoms with Crippen molar-refractivity contribution in [2.75, 3.05) is 18.4 Å². The van der Waals surface area contributed by atoms with E-state index in [0.29, 0.717) is 18.5 Å². The molecule has 1 heterocycles. The minimum absolute atomic E-state index is 0. The molecule has 3 rings (SSSR count). The van der Waals surface area contributed by atoms with Gasteiger partial charge in [0.2, 0.25) is 11.8 Å². The van der Waals surface area contributed by atoms with Gasteiger partial charge in [0.15, 0.2) is 0 Å². The summed E-state index contributed by atoms with van der Waals surface area (Å²) in [5.74, 6) is -1.69. The van der Waals surface area contributed by atoms with Crippen molar-refractivity contribution in [1.29, 1.82) is 0 Å². The molecule has 188 valence electrons. The molecule has 0 fully saturated rings. The Balaban J connectivity index is 0.00000481. The fraction of sp³-hybridized carbons (Fsp3) is 0.259. The average molecular weight is 515 g/mol. The van der Waals surface area contributed by atoms with E-state index in [1.54, 1.807) is 42.6 Å². The van der Waals surface area contributed by atoms with Gasteiger partial charge in [0.1, 0.15) is 11.6 Å². The van der Waals surface area contributed by atoms with Crippen LogP contribution < -0.4 is 50.6 Å². The predicted molar refractivity (Wildman–Crippen MR) is 132 cm³/mol. The van der Waals surface area contributed by atoms with Crippen LogP contribution in [0.2, 0.25) is 0 Å². The molecule has 37 heavy (non-hydrogen) atoms. The number of anilines is 1. The molecule has 2 aromatic carbocycles. The molecule has 0 aliphatic heterocycles. The maximum atomic E-state index is 13.2. The third kappa shape index (κ3) is 10.7. The number of amides is 2. The zero-order valence-electron chi connectivity index (χ0n) is 20.7. The first-order valence-electron chi connectivity index (χ1n) is 11.7. The van der Waals surface area contributed by atoms with Crippen molar-refractivity contribution in [2.45, 2.75) is 31.7 Å². The molecule has 1 unspecified atom stereocenters. The number of benzene rings is 2. The summed E-state index contributed by atoms with van der Waals surface area (Å²) in [5.41, 5.74) is 2.05. The Kier molecular flexibility index (Phi) is 12.8. The van der Waals surface area contributed by atoms with Gasteiger partial charge in [-0.05, 0) is 59.9 Å². The van der Waals surface area contributed by atoms with Gasteiger partial charge in [0, 0.05) is 31.6 Å². The summed E-state index contributed by atoms with van der Waals surface area (Å²) in [7, 11) is 0. The number of carbonyl (C=O) groups is 3. The van der Waals surface area contributed by atoms with Crippen molar-refractivity contribution in [1.82, 2.24) is 15.6 Å². The maximum Gasteiger partial charge on any atom is 1.00 e. The first-order valence-corrected chi connectivity index (χ1v) is 11.7. The first-order chi connectivity index (χ1) is 17.4. The van der Waals surface area contributed by atoms with Crippen LogP contribution in [-0.4, -0.2) is 35.9 Å². The molecule has 0 bridgehead atoms. The number of pyridine rings is 1. The van der Waals surface area contributed by atoms with Crippen molar-refractivity contribution in [2.24, 2.45) is 0 Å². The molecular weight excluding hydrogens is 486 g/mol. The maximum absolute atomic E-state index is 13.2. The minimum atomic E-state index is -1.32. The van der Waals surface area contributed by atoms with Gasteiger partial charge in [-0.2, -0.15) is 0 Å². The van der Waals surface area contributed by atoms with E-state index < -0.39 is 24.3 Å². The number of nitrogens with zero attached hydrogens (tertiary/aromatic N) is 1. The molecule has 0 spiro atoms. The van der Waals surface area contributed by atoms with Crippen LogP contribution in [0.3, 0.4) is 0 Å². The van der Waals surface area contributed by atoms with E-state index in [0.717, 1.165) is 23.4 Å². The Hall–Kier alpha value is -3.27. The molecule has 0 radical (unpaired) electrons. The molecule has 0 aliphatic rings. The van der Waals surface area contributed by atoms with Gasteiger partial charge >= 0.3 is 29.6 Å². The van der Waals surface area contributed by atoms with E-state index in [1.807, 2.05) is 18.2 Å². The molecule has 2 amide bonds. The molecule has 0 saturated carbocycles. The fourth-order valence-electron chi connectivity index (χ4n) is 3.60. The van der Waals surface area contributed by atoms with Crippen LogP contribution in [-0.2, 0) is 14.4 Å². The number of carboxylic acid groups (broad SMARTS) is 1. The van der Waals surface area contributed by atoms with Gasteiger partial charge in [-0.3, -0.25) is 9.59 Å². The number of hydrogen-bond donors (Lipinski definition) is 3. The van der Waals surface area contributed by atoms with Gasteiger partial charge in [-0.1, -0.05) is 36.4 Å². The average Bonchev–Trinajstić information content (AvgIpc) is 2.88. The zero-order chi connectivity index (χ0) is 25.8. The van der Waals surface area contributed by atoms with Crippen LogP contribution in [0.1, 0.15) is 37.3 Å². The number of halogens is 1. The molecule has 10 heteroatoms. The van der Waals surface area contributed by atoms with E-state index in [2.05, 4.69) is 20.9 Å². The monoisotopic (exact) mass is 514 g/mol. The molecule has 1 atom stereocenters. The van der Waals surface area contributed by atoms with Crippen molar-refractivity contribution in [3.05, 3.63) is 84.3 Å². The van der Waals surface area contributed by atoms with E-state index in [4.69, 9.17) is 0 Å². The fourth-order valence-corrected chi connectivity index (χ4v) is 3.60. The number of unbranched alkanes of at least 4 members (excludes halogenated alkanes) is 1. The number of carboxylic acids is 1. The Morgan fingerprint density at radius 1 is 0.919 bits per heavy atom. The predicted octanol–water partition coefficient (Wildman–Crippen LogP) is -0.412. The van der Waals surface area contributed by atoms with Crippen molar-refractivity contribution >= 4 is 23.6 Å². The first kappa shape index (κ1) is 30.0. The summed E-state index contributed by atoms with van der Waals surface area (Å²) < 4.78 is 13.2. The normalized spacial score (nSPS) is 11.1. The van der Waals surface area contributed by atoms with Gasteiger partial charge < -0.3 is 25.9 Å². The zero-order valence-corrected chi connectivity index (χ0v) is 22.7. The van der Waals surface area contributed by atoms with Crippen LogP contribution >= 0.6 is 0 Å². The summed E-state index contributed by atoms with van der Waals surface area (Å²) in [4.78, 5) is 40.0. The second-order valence-corrected chi connectivity index (χ2v) is 8.20. The number of aromatic nitrogens is 1. The van der Waals surface area contributed by atoms with E-state index in [1.165, 1.54) is 12.1 Å². The largest absolute Gasteiger partial charge is 1.00 e. The van der Waals surface area contributed by atoms with Crippen LogP contribution in [0.5, 0.6) is 0 Å². The summed E-state index contributed by atoms with van der Waals surface area (Å²) in [6.45, 7) is 0.402. The molecule has 1 aromatic heterocycles. The van der Waals surface area contributed by atoms with Crippen LogP contribution in [0.4, 0.5) is 10.2 Å². The molecule has 0 aliphatic carbocycles. The third-order valence-electron chi connectivity index (χ3n) is 5.42. The van der Waals surface area contributed by atoms with Crippen molar-refractivity contribution in [3.63, 3.8) is 0 Å². The second kappa shape index (κ2) is 15.8. The molecule has 8 nitrogen and oxygen atoms in total. The smallest absolute Gasteiger partial charge is 0.550 e. The van der Waals surface area contributed by atoms with Crippen LogP contribution in [0.15, 0.2) is 72.9 Å². The Morgan fingerprint density at radius 2 is 1.70 bits per heavy atom. The quantitative estimate of drug-likeness (QED) is 0.211. The van der Waals surface area contributed by atoms with Crippen LogP contribution in [0, 0.1) is 5.82 Å². The number of rotatable bonds is 13. The summed E-state index contributed by atoms with van der Waals surface area (Å²) in [5, 5.41) is 19.7. The summed E-state index contributed by atoms with van der Waals surface area (Å²) in [6.07, 6.45) is 2.92. The second-order valence-electron chi connectivity index (χ2n) is 8.20. The standard InChI is InChI=1S/C27H29FN4O4.Na/c28-22-12-10-19(11-13-22)20-6-5-7-21(16-20)23(17-27(35)36)32-26(34)18-31-25(33)9-2-4-15-30-24-8-1-3-14-29-24;/h1,3,5-8,10-14,16,23H,2,4,9,15,17-18H2,(H,29,30)(H,31,33)(H,32,34)(H,35,36);/q;+1/p-1. The van der Waals surface area contributed by atoms with Crippen molar-refractivity contribution in [3.8, 4) is 11.1 Å². The van der Waals surface area contributed by atoms with Crippen LogP contribution in [0.25, 0.3) is 11.1 Å². The van der Waals surface area contributed by atoms with Crippen molar-refractivity contribution < 1.29 is 53.4 Å². The molecule has 0 saturated heterocycles. The Morgan fingerprint density at radius 3 is 2.41 bits per heavy atom. The van der Waals surface area contributed by atoms with E-state index in [9.17, 15) is 23.9 Å². The summed E-state index contributed by atoms with van der Waals surface area (Å²) in [6, 6.07) is 17.6. The number of hydrogen-bond acceptors (Lipinski definition) is 6. The third-order valence-corrected chi connectivity index (χ3v) is 5.42. The topological polar surface area (TPSA) is 123 Å². The number of carbonyl (C=O) groups excluding carboxylic acids is 3. The Bertz CT molecular complexity index is 1160. The molecule has 3 aromatic rings. The molecule has 3 N–H and O–H groups in total. The van der Waals surface area contributed by atoms with E-state index >= 15 is 0 Å². The SMILES string of the molecule is O=C([O-])CC(NC(=O)CNC(=O)CCCCNc1ccccn1)c1cccc(-c2ccc(F)cc2)c1.[Na+]. The Labute approximate surface area is 237 Å².